The Kier molecular flexibility index (Phi) is 7.23. The van der Waals surface area contributed by atoms with E-state index < -0.39 is 5.92 Å². The Morgan fingerprint density at radius 3 is 2.44 bits per heavy atom. The fourth-order valence-electron chi connectivity index (χ4n) is 4.96. The Labute approximate surface area is 240 Å². The number of fused-ring (bicyclic) bond motifs is 1. The average molecular weight is 572 g/mol. The van der Waals surface area contributed by atoms with Crippen molar-refractivity contribution in [3.05, 3.63) is 60.6 Å². The number of esters is 1. The number of phenolic OH excluding ortho intramolecular Hbond substituents is 1. The lowest BCUT2D eigenvalue weighted by molar-refractivity contribution is -0.144. The van der Waals surface area contributed by atoms with E-state index in [1.54, 1.807) is 41.9 Å². The highest BCUT2D eigenvalue weighted by atomic mass is 32.1. The second-order valence-corrected chi connectivity index (χ2v) is 11.2. The molecule has 4 aromatic heterocycles. The number of carbonyl (C=O) groups is 1. The summed E-state index contributed by atoms with van der Waals surface area (Å²) in [7, 11) is 1.37. The van der Waals surface area contributed by atoms with E-state index >= 15 is 0 Å². The summed E-state index contributed by atoms with van der Waals surface area (Å²) in [4.78, 5) is 25.9. The van der Waals surface area contributed by atoms with Gasteiger partial charge in [0.2, 0.25) is 5.95 Å². The van der Waals surface area contributed by atoms with Crippen LogP contribution in [0.1, 0.15) is 25.5 Å². The largest absolute Gasteiger partial charge is 0.507 e. The molecular weight excluding hydrogens is 542 g/mol. The van der Waals surface area contributed by atoms with Crippen molar-refractivity contribution in [1.82, 2.24) is 25.3 Å². The highest BCUT2D eigenvalue weighted by Crippen LogP contribution is 2.35. The first-order chi connectivity index (χ1) is 19.9. The number of anilines is 2. The van der Waals surface area contributed by atoms with Crippen molar-refractivity contribution in [2.75, 3.05) is 43.1 Å². The second-order valence-electron chi connectivity index (χ2n) is 10.2. The highest BCUT2D eigenvalue weighted by molar-refractivity contribution is 7.22. The maximum Gasteiger partial charge on any atom is 0.316 e. The van der Waals surface area contributed by atoms with Crippen LogP contribution in [-0.4, -0.2) is 69.7 Å². The number of nitrogens with zero attached hydrogens (tertiary/aromatic N) is 7. The van der Waals surface area contributed by atoms with Crippen LogP contribution in [0.4, 0.5) is 10.9 Å². The molecule has 0 bridgehead atoms. The first-order valence-electron chi connectivity index (χ1n) is 13.3. The van der Waals surface area contributed by atoms with Gasteiger partial charge in [0.1, 0.15) is 22.9 Å². The van der Waals surface area contributed by atoms with Gasteiger partial charge >= 0.3 is 5.97 Å². The van der Waals surface area contributed by atoms with Crippen molar-refractivity contribution in [3.63, 3.8) is 0 Å². The van der Waals surface area contributed by atoms with E-state index in [0.717, 1.165) is 41.4 Å². The van der Waals surface area contributed by atoms with Crippen molar-refractivity contribution in [2.45, 2.75) is 19.8 Å². The minimum absolute atomic E-state index is 0.00210. The molecule has 41 heavy (non-hydrogen) atoms. The van der Waals surface area contributed by atoms with Crippen LogP contribution in [0.3, 0.4) is 0 Å². The third-order valence-corrected chi connectivity index (χ3v) is 8.34. The van der Waals surface area contributed by atoms with Crippen LogP contribution in [0, 0.1) is 5.92 Å². The standard InChI is InChI=1S/C29H29N7O4S/c1-17(2)27(28(38)39-3)24-12-20(34-40-24)18-15-30-29(31-16-18)36-10-8-35(9-11-36)26-14-22-25(41-26)13-21(32-33-22)19-6-4-5-7-23(19)37/h4-7,12-17,27,37H,8-11H2,1-3H3. The number of aromatic nitrogens is 5. The van der Waals surface area contributed by atoms with E-state index in [4.69, 9.17) is 9.26 Å². The maximum absolute atomic E-state index is 12.2. The van der Waals surface area contributed by atoms with E-state index in [-0.39, 0.29) is 17.6 Å². The van der Waals surface area contributed by atoms with E-state index in [9.17, 15) is 9.90 Å². The molecule has 1 aromatic carbocycles. The molecule has 0 spiro atoms. The SMILES string of the molecule is COC(=O)C(c1cc(-c2cnc(N3CCN(c4cc5nnc(-c6ccccc6O)cc5s4)CC3)nc2)no1)C(C)C. The zero-order valence-corrected chi connectivity index (χ0v) is 23.7. The summed E-state index contributed by atoms with van der Waals surface area (Å²) in [6.07, 6.45) is 3.46. The third kappa shape index (κ3) is 5.30. The van der Waals surface area contributed by atoms with E-state index in [1.165, 1.54) is 7.11 Å². The minimum atomic E-state index is -0.523. The normalized spacial score (nSPS) is 14.5. The summed E-state index contributed by atoms with van der Waals surface area (Å²) >= 11 is 1.67. The zero-order valence-electron chi connectivity index (χ0n) is 22.9. The summed E-state index contributed by atoms with van der Waals surface area (Å²) in [5.41, 5.74) is 3.45. The van der Waals surface area contributed by atoms with Crippen LogP contribution >= 0.6 is 11.3 Å². The number of benzene rings is 1. The maximum atomic E-state index is 12.2. The Morgan fingerprint density at radius 1 is 1.00 bits per heavy atom. The molecule has 11 nitrogen and oxygen atoms in total. The molecule has 1 saturated heterocycles. The van der Waals surface area contributed by atoms with Crippen LogP contribution in [0.25, 0.3) is 32.7 Å². The summed E-state index contributed by atoms with van der Waals surface area (Å²) in [6, 6.07) is 12.9. The van der Waals surface area contributed by atoms with E-state index in [0.29, 0.717) is 34.2 Å². The molecule has 0 amide bonds. The monoisotopic (exact) mass is 571 g/mol. The van der Waals surface area contributed by atoms with Gasteiger partial charge in [-0.3, -0.25) is 4.79 Å². The van der Waals surface area contributed by atoms with Gasteiger partial charge in [-0.05, 0) is 24.1 Å². The summed E-state index contributed by atoms with van der Waals surface area (Å²) in [5, 5.41) is 24.2. The Hall–Kier alpha value is -4.58. The van der Waals surface area contributed by atoms with Gasteiger partial charge in [0.25, 0.3) is 0 Å². The lowest BCUT2D eigenvalue weighted by atomic mass is 9.93. The first-order valence-corrected chi connectivity index (χ1v) is 14.2. The van der Waals surface area contributed by atoms with Crippen LogP contribution in [-0.2, 0) is 9.53 Å². The fraction of sp³-hybridized carbons (Fsp3) is 0.310. The van der Waals surface area contributed by atoms with Gasteiger partial charge in [0.15, 0.2) is 5.76 Å². The Balaban J connectivity index is 1.11. The summed E-state index contributed by atoms with van der Waals surface area (Å²) < 4.78 is 11.4. The lowest BCUT2D eigenvalue weighted by Gasteiger charge is -2.35. The molecule has 210 valence electrons. The van der Waals surface area contributed by atoms with Crippen molar-refractivity contribution in [2.24, 2.45) is 5.92 Å². The number of carbonyl (C=O) groups excluding carboxylic acids is 1. The number of methoxy groups -OCH3 is 1. The molecular formula is C29H29N7O4S. The van der Waals surface area contributed by atoms with Crippen molar-refractivity contribution in [1.29, 1.82) is 0 Å². The average Bonchev–Trinajstić information content (AvgIpc) is 3.65. The number of hydrogen-bond donors (Lipinski definition) is 1. The van der Waals surface area contributed by atoms with Crippen LogP contribution < -0.4 is 9.80 Å². The molecule has 0 saturated carbocycles. The van der Waals surface area contributed by atoms with Crippen molar-refractivity contribution >= 4 is 38.5 Å². The van der Waals surface area contributed by atoms with E-state index in [2.05, 4.69) is 41.2 Å². The number of ether oxygens (including phenoxy) is 1. The Morgan fingerprint density at radius 2 is 1.73 bits per heavy atom. The lowest BCUT2D eigenvalue weighted by Crippen LogP contribution is -2.46. The van der Waals surface area contributed by atoms with E-state index in [1.807, 2.05) is 32.0 Å². The molecule has 12 heteroatoms. The number of para-hydroxylation sites is 1. The van der Waals surface area contributed by atoms with Gasteiger partial charge in [-0.25, -0.2) is 9.97 Å². The minimum Gasteiger partial charge on any atom is -0.507 e. The zero-order chi connectivity index (χ0) is 28.5. The molecule has 5 aromatic rings. The van der Waals surface area contributed by atoms with Gasteiger partial charge in [-0.2, -0.15) is 0 Å². The predicted octanol–water partition coefficient (Wildman–Crippen LogP) is 4.75. The molecule has 1 fully saturated rings. The second kappa shape index (κ2) is 11.1. The number of rotatable bonds is 7. The molecule has 1 aliphatic heterocycles. The number of piperazine rings is 1. The van der Waals surface area contributed by atoms with Gasteiger partial charge in [0, 0.05) is 61.8 Å². The summed E-state index contributed by atoms with van der Waals surface area (Å²) in [6.45, 7) is 7.04. The predicted molar refractivity (Wildman–Crippen MR) is 156 cm³/mol. The number of phenols is 1. The van der Waals surface area contributed by atoms with Crippen LogP contribution in [0.5, 0.6) is 5.75 Å². The number of aromatic hydroxyl groups is 1. The molecule has 5 heterocycles. The van der Waals surface area contributed by atoms with Gasteiger partial charge in [0.05, 0.1) is 22.5 Å². The quantitative estimate of drug-likeness (QED) is 0.272. The smallest absolute Gasteiger partial charge is 0.316 e. The van der Waals surface area contributed by atoms with Crippen molar-refractivity contribution < 1.29 is 19.2 Å². The topological polar surface area (TPSA) is 131 Å². The number of thiophene rings is 1. The molecule has 1 aliphatic rings. The fourth-order valence-corrected chi connectivity index (χ4v) is 6.04. The molecule has 1 atom stereocenters. The highest BCUT2D eigenvalue weighted by Gasteiger charge is 2.29. The van der Waals surface area contributed by atoms with Gasteiger partial charge < -0.3 is 24.2 Å². The molecule has 1 unspecified atom stereocenters. The molecule has 1 N–H and O–H groups in total. The first kappa shape index (κ1) is 26.6. The summed E-state index contributed by atoms with van der Waals surface area (Å²) in [5.74, 6) is 0.430. The molecule has 6 rings (SSSR count). The van der Waals surface area contributed by atoms with Gasteiger partial charge in [-0.1, -0.05) is 31.1 Å². The Bertz CT molecular complexity index is 1680. The molecule has 0 radical (unpaired) electrons. The van der Waals surface area contributed by atoms with Gasteiger partial charge in [-0.15, -0.1) is 21.5 Å². The number of hydrogen-bond acceptors (Lipinski definition) is 12. The van der Waals surface area contributed by atoms with Crippen LogP contribution in [0.15, 0.2) is 59.4 Å². The van der Waals surface area contributed by atoms with Crippen molar-refractivity contribution in [3.8, 4) is 28.3 Å². The third-order valence-electron chi connectivity index (χ3n) is 7.21. The van der Waals surface area contributed by atoms with Crippen LogP contribution in [0.2, 0.25) is 0 Å². The molecule has 0 aliphatic carbocycles.